The zero-order valence-electron chi connectivity index (χ0n) is 19.5. The average Bonchev–Trinajstić information content (AvgIpc) is 3.35. The van der Waals surface area contributed by atoms with Crippen molar-refractivity contribution in [3.63, 3.8) is 0 Å². The molecule has 0 saturated carbocycles. The molecule has 31 heavy (non-hydrogen) atoms. The summed E-state index contributed by atoms with van der Waals surface area (Å²) in [5.74, 6) is 0.851. The van der Waals surface area contributed by atoms with E-state index in [0.717, 1.165) is 29.7 Å². The SMILES string of the molecule is CC(CN1CCCC1)c1nc2cc(C3=CC[C@H](C)CN3C(=O)OC(C)(C)C)ccc2s1. The number of carbonyl (C=O) groups is 1. The van der Waals surface area contributed by atoms with Crippen molar-refractivity contribution < 1.29 is 9.53 Å². The standard InChI is InChI=1S/C25H35N3O2S/c1-17-8-10-21(28(15-17)24(29)30-25(3,4)5)19-9-11-22-20(14-19)26-23(31-22)18(2)16-27-12-6-7-13-27/h9-11,14,17-18H,6-8,12-13,15-16H2,1-5H3/t17-,18?/m0/s1. The summed E-state index contributed by atoms with van der Waals surface area (Å²) < 4.78 is 6.90. The molecule has 168 valence electrons. The van der Waals surface area contributed by atoms with Crippen molar-refractivity contribution in [3.05, 3.63) is 34.8 Å². The molecule has 0 bridgehead atoms. The Bertz CT molecular complexity index is 969. The predicted octanol–water partition coefficient (Wildman–Crippen LogP) is 6.11. The fourth-order valence-corrected chi connectivity index (χ4v) is 5.41. The number of allylic oxidation sites excluding steroid dienone is 1. The summed E-state index contributed by atoms with van der Waals surface area (Å²) in [4.78, 5) is 22.2. The highest BCUT2D eigenvalue weighted by Crippen LogP contribution is 2.34. The largest absolute Gasteiger partial charge is 0.443 e. The van der Waals surface area contributed by atoms with Gasteiger partial charge >= 0.3 is 6.09 Å². The van der Waals surface area contributed by atoms with Gasteiger partial charge in [0.1, 0.15) is 5.60 Å². The van der Waals surface area contributed by atoms with Crippen LogP contribution >= 0.6 is 11.3 Å². The Morgan fingerprint density at radius 3 is 2.74 bits per heavy atom. The lowest BCUT2D eigenvalue weighted by Gasteiger charge is -2.33. The number of aromatic nitrogens is 1. The van der Waals surface area contributed by atoms with Crippen LogP contribution in [-0.2, 0) is 4.74 Å². The normalized spacial score (nSPS) is 21.4. The highest BCUT2D eigenvalue weighted by molar-refractivity contribution is 7.18. The molecule has 1 unspecified atom stereocenters. The smallest absolute Gasteiger partial charge is 0.414 e. The summed E-state index contributed by atoms with van der Waals surface area (Å²) in [5, 5.41) is 1.20. The molecule has 1 amide bonds. The highest BCUT2D eigenvalue weighted by Gasteiger charge is 2.29. The number of benzene rings is 1. The van der Waals surface area contributed by atoms with Gasteiger partial charge in [0, 0.05) is 24.6 Å². The van der Waals surface area contributed by atoms with E-state index in [2.05, 4.69) is 43.0 Å². The number of hydrogen-bond donors (Lipinski definition) is 0. The van der Waals surface area contributed by atoms with E-state index < -0.39 is 5.60 Å². The number of amides is 1. The predicted molar refractivity (Wildman–Crippen MR) is 128 cm³/mol. The van der Waals surface area contributed by atoms with Crippen LogP contribution in [0.1, 0.15) is 70.4 Å². The Labute approximate surface area is 190 Å². The summed E-state index contributed by atoms with van der Waals surface area (Å²) in [5.41, 5.74) is 2.49. The van der Waals surface area contributed by atoms with Gasteiger partial charge in [-0.15, -0.1) is 11.3 Å². The van der Waals surface area contributed by atoms with E-state index in [1.165, 1.54) is 35.6 Å². The first-order chi connectivity index (χ1) is 14.7. The maximum Gasteiger partial charge on any atom is 0.414 e. The number of nitrogens with zero attached hydrogens (tertiary/aromatic N) is 3. The molecule has 0 spiro atoms. The fraction of sp³-hybridized carbons (Fsp3) is 0.600. The van der Waals surface area contributed by atoms with Crippen molar-refractivity contribution in [2.45, 2.75) is 65.4 Å². The molecular formula is C25H35N3O2S. The lowest BCUT2D eigenvalue weighted by molar-refractivity contribution is 0.0327. The molecule has 2 aliphatic heterocycles. The summed E-state index contributed by atoms with van der Waals surface area (Å²) in [6, 6.07) is 6.41. The summed E-state index contributed by atoms with van der Waals surface area (Å²) in [6.45, 7) is 14.4. The van der Waals surface area contributed by atoms with Crippen molar-refractivity contribution in [1.29, 1.82) is 0 Å². The molecule has 1 aromatic carbocycles. The first kappa shape index (κ1) is 22.3. The van der Waals surface area contributed by atoms with Gasteiger partial charge in [-0.25, -0.2) is 9.78 Å². The van der Waals surface area contributed by atoms with E-state index in [9.17, 15) is 4.79 Å². The first-order valence-electron chi connectivity index (χ1n) is 11.5. The van der Waals surface area contributed by atoms with Crippen molar-refractivity contribution in [3.8, 4) is 0 Å². The molecule has 2 atom stereocenters. The minimum atomic E-state index is -0.512. The molecule has 2 aliphatic rings. The van der Waals surface area contributed by atoms with Gasteiger partial charge in [0.2, 0.25) is 0 Å². The molecule has 2 aromatic rings. The zero-order valence-corrected chi connectivity index (χ0v) is 20.3. The highest BCUT2D eigenvalue weighted by atomic mass is 32.1. The van der Waals surface area contributed by atoms with Crippen molar-refractivity contribution in [1.82, 2.24) is 14.8 Å². The maximum atomic E-state index is 12.9. The van der Waals surface area contributed by atoms with Gasteiger partial charge in [-0.3, -0.25) is 4.90 Å². The molecule has 0 N–H and O–H groups in total. The molecule has 1 fully saturated rings. The Hall–Kier alpha value is -1.92. The second kappa shape index (κ2) is 8.91. The molecule has 5 nitrogen and oxygen atoms in total. The van der Waals surface area contributed by atoms with Crippen molar-refractivity contribution >= 4 is 33.3 Å². The van der Waals surface area contributed by atoms with Gasteiger partial charge in [0.25, 0.3) is 0 Å². The van der Waals surface area contributed by atoms with Gasteiger partial charge in [0.15, 0.2) is 0 Å². The third kappa shape index (κ3) is 5.29. The van der Waals surface area contributed by atoms with Crippen LogP contribution in [-0.4, -0.2) is 52.7 Å². The number of carbonyl (C=O) groups excluding carboxylic acids is 1. The van der Waals surface area contributed by atoms with E-state index in [1.807, 2.05) is 20.8 Å². The summed E-state index contributed by atoms with van der Waals surface area (Å²) in [6.07, 6.45) is 5.49. The van der Waals surface area contributed by atoms with Gasteiger partial charge in [-0.05, 0) is 71.2 Å². The Morgan fingerprint density at radius 2 is 2.03 bits per heavy atom. The van der Waals surface area contributed by atoms with Crippen LogP contribution in [0.15, 0.2) is 24.3 Å². The number of likely N-dealkylation sites (tertiary alicyclic amines) is 1. The maximum absolute atomic E-state index is 12.9. The third-order valence-electron chi connectivity index (χ3n) is 5.96. The van der Waals surface area contributed by atoms with Crippen LogP contribution in [0.25, 0.3) is 15.9 Å². The van der Waals surface area contributed by atoms with Crippen LogP contribution in [0.4, 0.5) is 4.79 Å². The van der Waals surface area contributed by atoms with Crippen LogP contribution in [0.5, 0.6) is 0 Å². The van der Waals surface area contributed by atoms with Gasteiger partial charge in [-0.1, -0.05) is 26.0 Å². The van der Waals surface area contributed by atoms with E-state index >= 15 is 0 Å². The lowest BCUT2D eigenvalue weighted by Crippen LogP contribution is -2.39. The van der Waals surface area contributed by atoms with E-state index in [-0.39, 0.29) is 6.09 Å². The molecule has 3 heterocycles. The van der Waals surface area contributed by atoms with Gasteiger partial charge in [-0.2, -0.15) is 0 Å². The molecule has 1 saturated heterocycles. The van der Waals surface area contributed by atoms with Crippen LogP contribution in [0.2, 0.25) is 0 Å². The monoisotopic (exact) mass is 441 g/mol. The van der Waals surface area contributed by atoms with E-state index in [0.29, 0.717) is 18.4 Å². The average molecular weight is 442 g/mol. The minimum absolute atomic E-state index is 0.274. The zero-order chi connectivity index (χ0) is 22.2. The minimum Gasteiger partial charge on any atom is -0.443 e. The number of ether oxygens (including phenoxy) is 1. The van der Waals surface area contributed by atoms with E-state index in [4.69, 9.17) is 9.72 Å². The van der Waals surface area contributed by atoms with Gasteiger partial charge in [0.05, 0.1) is 20.9 Å². The lowest BCUT2D eigenvalue weighted by atomic mass is 9.98. The third-order valence-corrected chi connectivity index (χ3v) is 7.23. The molecule has 6 heteroatoms. The van der Waals surface area contributed by atoms with Crippen LogP contribution in [0.3, 0.4) is 0 Å². The second-order valence-electron chi connectivity index (χ2n) is 10.2. The molecule has 1 aromatic heterocycles. The number of rotatable bonds is 4. The summed E-state index contributed by atoms with van der Waals surface area (Å²) in [7, 11) is 0. The van der Waals surface area contributed by atoms with Crippen molar-refractivity contribution in [2.75, 3.05) is 26.2 Å². The number of hydrogen-bond acceptors (Lipinski definition) is 5. The number of fused-ring (bicyclic) bond motifs is 1. The van der Waals surface area contributed by atoms with Gasteiger partial charge < -0.3 is 9.64 Å². The quantitative estimate of drug-likeness (QED) is 0.574. The molecule has 4 rings (SSSR count). The van der Waals surface area contributed by atoms with Crippen LogP contribution < -0.4 is 0 Å². The van der Waals surface area contributed by atoms with Crippen molar-refractivity contribution in [2.24, 2.45) is 5.92 Å². The molecule has 0 radical (unpaired) electrons. The summed E-state index contributed by atoms with van der Waals surface area (Å²) >= 11 is 1.80. The topological polar surface area (TPSA) is 45.7 Å². The molecular weight excluding hydrogens is 406 g/mol. The molecule has 0 aliphatic carbocycles. The Balaban J connectivity index is 1.58. The van der Waals surface area contributed by atoms with E-state index in [1.54, 1.807) is 16.2 Å². The Kier molecular flexibility index (Phi) is 6.40. The Morgan fingerprint density at radius 1 is 1.29 bits per heavy atom. The number of thiazole rings is 1. The van der Waals surface area contributed by atoms with Crippen LogP contribution in [0, 0.1) is 5.92 Å². The fourth-order valence-electron chi connectivity index (χ4n) is 4.42. The first-order valence-corrected chi connectivity index (χ1v) is 12.3. The second-order valence-corrected chi connectivity index (χ2v) is 11.2.